The number of aromatic nitrogens is 2. The molecule has 4 nitrogen and oxygen atoms in total. The standard InChI is InChI=1S/C17H27N3O/c1-3-15-14(7-9-18-13-5-6-13)16(4-2)20-17(19-15)12-8-10-21-11-12/h12-13,18H,3-11H2,1-2H3. The van der Waals surface area contributed by atoms with Crippen LogP contribution in [0, 0.1) is 0 Å². The molecular weight excluding hydrogens is 262 g/mol. The molecule has 1 aromatic heterocycles. The molecule has 1 atom stereocenters. The largest absolute Gasteiger partial charge is 0.381 e. The highest BCUT2D eigenvalue weighted by Crippen LogP contribution is 2.25. The first-order chi connectivity index (χ1) is 10.3. The first-order valence-corrected chi connectivity index (χ1v) is 8.51. The SMILES string of the molecule is CCc1nc(C2CCOC2)nc(CC)c1CCNC1CC1. The third-order valence-electron chi connectivity index (χ3n) is 4.55. The van der Waals surface area contributed by atoms with Gasteiger partial charge in [0.1, 0.15) is 5.82 Å². The van der Waals surface area contributed by atoms with Gasteiger partial charge in [-0.3, -0.25) is 0 Å². The Kier molecular flexibility index (Phi) is 4.86. The van der Waals surface area contributed by atoms with Crippen LogP contribution >= 0.6 is 0 Å². The molecule has 2 heterocycles. The molecular formula is C17H27N3O. The smallest absolute Gasteiger partial charge is 0.134 e. The first-order valence-electron chi connectivity index (χ1n) is 8.51. The highest BCUT2D eigenvalue weighted by Gasteiger charge is 2.24. The zero-order valence-corrected chi connectivity index (χ0v) is 13.3. The average molecular weight is 289 g/mol. The molecule has 1 saturated heterocycles. The van der Waals surface area contributed by atoms with E-state index in [0.29, 0.717) is 5.92 Å². The minimum absolute atomic E-state index is 0.402. The molecule has 2 fully saturated rings. The van der Waals surface area contributed by atoms with Gasteiger partial charge in [0.25, 0.3) is 0 Å². The summed E-state index contributed by atoms with van der Waals surface area (Å²) in [6, 6.07) is 0.774. The topological polar surface area (TPSA) is 47.0 Å². The Labute approximate surface area is 127 Å². The fraction of sp³-hybridized carbons (Fsp3) is 0.765. The van der Waals surface area contributed by atoms with Gasteiger partial charge in [0.05, 0.1) is 6.61 Å². The molecule has 0 spiro atoms. The summed E-state index contributed by atoms with van der Waals surface area (Å²) in [7, 11) is 0. The van der Waals surface area contributed by atoms with Gasteiger partial charge in [-0.2, -0.15) is 0 Å². The van der Waals surface area contributed by atoms with Crippen molar-refractivity contribution >= 4 is 0 Å². The molecule has 4 heteroatoms. The van der Waals surface area contributed by atoms with Gasteiger partial charge in [0, 0.05) is 30.0 Å². The van der Waals surface area contributed by atoms with E-state index >= 15 is 0 Å². The number of hydrogen-bond acceptors (Lipinski definition) is 4. The monoisotopic (exact) mass is 289 g/mol. The summed E-state index contributed by atoms with van der Waals surface area (Å²) in [5.41, 5.74) is 3.89. The lowest BCUT2D eigenvalue weighted by atomic mass is 10.0. The van der Waals surface area contributed by atoms with Crippen LogP contribution in [-0.4, -0.2) is 35.8 Å². The second-order valence-corrected chi connectivity index (χ2v) is 6.20. The van der Waals surface area contributed by atoms with Crippen molar-refractivity contribution in [3.05, 3.63) is 22.8 Å². The van der Waals surface area contributed by atoms with E-state index in [0.717, 1.165) is 57.3 Å². The molecule has 3 rings (SSSR count). The molecule has 2 aliphatic rings. The van der Waals surface area contributed by atoms with Crippen LogP contribution in [0.4, 0.5) is 0 Å². The number of aryl methyl sites for hydroxylation is 2. The van der Waals surface area contributed by atoms with Gasteiger partial charge in [0.15, 0.2) is 0 Å². The minimum Gasteiger partial charge on any atom is -0.381 e. The zero-order chi connectivity index (χ0) is 14.7. The molecule has 0 bridgehead atoms. The van der Waals surface area contributed by atoms with Crippen molar-refractivity contribution in [2.75, 3.05) is 19.8 Å². The van der Waals surface area contributed by atoms with Crippen molar-refractivity contribution in [2.24, 2.45) is 0 Å². The predicted molar refractivity (Wildman–Crippen MR) is 83.7 cm³/mol. The van der Waals surface area contributed by atoms with E-state index in [1.165, 1.54) is 29.8 Å². The summed E-state index contributed by atoms with van der Waals surface area (Å²) in [6.07, 6.45) is 6.81. The van der Waals surface area contributed by atoms with Crippen LogP contribution in [0.25, 0.3) is 0 Å². The maximum atomic E-state index is 5.50. The van der Waals surface area contributed by atoms with E-state index < -0.39 is 0 Å². The Hall–Kier alpha value is -1.00. The van der Waals surface area contributed by atoms with Crippen LogP contribution in [-0.2, 0) is 24.0 Å². The van der Waals surface area contributed by atoms with Crippen LogP contribution in [0.1, 0.15) is 61.8 Å². The maximum Gasteiger partial charge on any atom is 0.134 e. The third kappa shape index (κ3) is 3.61. The summed E-state index contributed by atoms with van der Waals surface area (Å²) in [6.45, 7) is 7.10. The third-order valence-corrected chi connectivity index (χ3v) is 4.55. The van der Waals surface area contributed by atoms with Gasteiger partial charge in [0.2, 0.25) is 0 Å². The summed E-state index contributed by atoms with van der Waals surface area (Å²) in [5.74, 6) is 1.42. The lowest BCUT2D eigenvalue weighted by molar-refractivity contribution is 0.193. The van der Waals surface area contributed by atoms with Crippen LogP contribution < -0.4 is 5.32 Å². The molecule has 0 aromatic carbocycles. The highest BCUT2D eigenvalue weighted by molar-refractivity contribution is 5.28. The fourth-order valence-electron chi connectivity index (χ4n) is 3.09. The van der Waals surface area contributed by atoms with Gasteiger partial charge in [-0.25, -0.2) is 9.97 Å². The second-order valence-electron chi connectivity index (χ2n) is 6.20. The van der Waals surface area contributed by atoms with Crippen LogP contribution in [0.15, 0.2) is 0 Å². The van der Waals surface area contributed by atoms with Crippen LogP contribution in [0.5, 0.6) is 0 Å². The molecule has 1 aliphatic heterocycles. The molecule has 1 saturated carbocycles. The van der Waals surface area contributed by atoms with Gasteiger partial charge < -0.3 is 10.1 Å². The Balaban J connectivity index is 1.78. The molecule has 116 valence electrons. The second kappa shape index (κ2) is 6.84. The van der Waals surface area contributed by atoms with E-state index in [9.17, 15) is 0 Å². The van der Waals surface area contributed by atoms with Crippen molar-refractivity contribution in [3.8, 4) is 0 Å². The molecule has 1 N–H and O–H groups in total. The number of nitrogens with one attached hydrogen (secondary N) is 1. The van der Waals surface area contributed by atoms with E-state index in [4.69, 9.17) is 14.7 Å². The first kappa shape index (κ1) is 14.9. The Bertz CT molecular complexity index is 454. The van der Waals surface area contributed by atoms with Gasteiger partial charge in [-0.15, -0.1) is 0 Å². The van der Waals surface area contributed by atoms with Crippen molar-refractivity contribution in [1.29, 1.82) is 0 Å². The minimum atomic E-state index is 0.402. The molecule has 1 unspecified atom stereocenters. The van der Waals surface area contributed by atoms with Gasteiger partial charge in [-0.1, -0.05) is 13.8 Å². The molecule has 0 amide bonds. The summed E-state index contributed by atoms with van der Waals surface area (Å²) >= 11 is 0. The van der Waals surface area contributed by atoms with E-state index in [1.54, 1.807) is 0 Å². The number of rotatable bonds is 7. The van der Waals surface area contributed by atoms with Gasteiger partial charge in [-0.05, 0) is 50.6 Å². The number of nitrogens with zero attached hydrogens (tertiary/aromatic N) is 2. The van der Waals surface area contributed by atoms with E-state index in [1.807, 2.05) is 0 Å². The summed E-state index contributed by atoms with van der Waals surface area (Å²) in [5, 5.41) is 3.60. The predicted octanol–water partition coefficient (Wildman–Crippen LogP) is 2.40. The summed E-state index contributed by atoms with van der Waals surface area (Å²) in [4.78, 5) is 9.75. The van der Waals surface area contributed by atoms with E-state index in [-0.39, 0.29) is 0 Å². The summed E-state index contributed by atoms with van der Waals surface area (Å²) < 4.78 is 5.50. The normalized spacial score (nSPS) is 21.9. The number of hydrogen-bond donors (Lipinski definition) is 1. The van der Waals surface area contributed by atoms with E-state index in [2.05, 4.69) is 19.2 Å². The van der Waals surface area contributed by atoms with Crippen LogP contribution in [0.2, 0.25) is 0 Å². The average Bonchev–Trinajstić information content (AvgIpc) is 3.17. The van der Waals surface area contributed by atoms with Gasteiger partial charge >= 0.3 is 0 Å². The molecule has 21 heavy (non-hydrogen) atoms. The Morgan fingerprint density at radius 2 is 1.81 bits per heavy atom. The highest BCUT2D eigenvalue weighted by atomic mass is 16.5. The molecule has 0 radical (unpaired) electrons. The Morgan fingerprint density at radius 3 is 2.33 bits per heavy atom. The quantitative estimate of drug-likeness (QED) is 0.837. The Morgan fingerprint density at radius 1 is 1.10 bits per heavy atom. The van der Waals surface area contributed by atoms with Crippen molar-refractivity contribution in [3.63, 3.8) is 0 Å². The fourth-order valence-corrected chi connectivity index (χ4v) is 3.09. The van der Waals surface area contributed by atoms with Crippen LogP contribution in [0.3, 0.4) is 0 Å². The van der Waals surface area contributed by atoms with Crippen molar-refractivity contribution < 1.29 is 4.74 Å². The van der Waals surface area contributed by atoms with Crippen molar-refractivity contribution in [1.82, 2.24) is 15.3 Å². The molecule has 1 aromatic rings. The molecule has 1 aliphatic carbocycles. The maximum absolute atomic E-state index is 5.50. The lowest BCUT2D eigenvalue weighted by Gasteiger charge is -2.16. The zero-order valence-electron chi connectivity index (χ0n) is 13.3. The number of ether oxygens (including phenoxy) is 1. The van der Waals surface area contributed by atoms with Crippen molar-refractivity contribution in [2.45, 2.75) is 64.3 Å². The lowest BCUT2D eigenvalue weighted by Crippen LogP contribution is -2.21.